The molecule has 0 bridgehead atoms. The van der Waals surface area contributed by atoms with E-state index in [1.54, 1.807) is 7.11 Å². The van der Waals surface area contributed by atoms with Gasteiger partial charge in [-0.2, -0.15) is 0 Å². The van der Waals surface area contributed by atoms with Gasteiger partial charge in [0.15, 0.2) is 7.14 Å². The van der Waals surface area contributed by atoms with E-state index in [0.717, 1.165) is 27.2 Å². The van der Waals surface area contributed by atoms with Gasteiger partial charge in [-0.1, -0.05) is 72.8 Å². The molecule has 0 saturated carbocycles. The van der Waals surface area contributed by atoms with Gasteiger partial charge in [-0.05, 0) is 18.6 Å². The van der Waals surface area contributed by atoms with Crippen molar-refractivity contribution in [3.05, 3.63) is 84.4 Å². The Kier molecular flexibility index (Phi) is 4.36. The zero-order chi connectivity index (χ0) is 16.3. The smallest absolute Gasteiger partial charge is 0.171 e. The van der Waals surface area contributed by atoms with Crippen molar-refractivity contribution in [1.82, 2.24) is 0 Å². The number of rotatable bonds is 4. The van der Waals surface area contributed by atoms with Gasteiger partial charge in [0, 0.05) is 15.9 Å². The van der Waals surface area contributed by atoms with Gasteiger partial charge in [0.05, 0.1) is 7.11 Å². The van der Waals surface area contributed by atoms with Gasteiger partial charge in [-0.25, -0.2) is 0 Å². The molecule has 0 N–H and O–H groups in total. The highest BCUT2D eigenvalue weighted by Gasteiger charge is 2.30. The Morgan fingerprint density at radius 3 is 1.74 bits per heavy atom. The van der Waals surface area contributed by atoms with Crippen LogP contribution in [0, 0.1) is 6.92 Å². The lowest BCUT2D eigenvalue weighted by Crippen LogP contribution is -2.25. The van der Waals surface area contributed by atoms with E-state index in [-0.39, 0.29) is 0 Å². The van der Waals surface area contributed by atoms with Crippen molar-refractivity contribution in [2.75, 3.05) is 7.11 Å². The second-order valence-electron chi connectivity index (χ2n) is 5.43. The van der Waals surface area contributed by atoms with Crippen LogP contribution in [-0.4, -0.2) is 7.11 Å². The monoisotopic (exact) mass is 322 g/mol. The Labute approximate surface area is 137 Å². The Bertz CT molecular complexity index is 799. The van der Waals surface area contributed by atoms with Crippen LogP contribution in [0.4, 0.5) is 0 Å². The molecule has 0 aliphatic carbocycles. The molecule has 3 rings (SSSR count). The third-order valence-electron chi connectivity index (χ3n) is 3.99. The number of hydrogen-bond donors (Lipinski definition) is 0. The largest absolute Gasteiger partial charge is 0.496 e. The summed E-state index contributed by atoms with van der Waals surface area (Å²) >= 11 is 0. The first-order valence-corrected chi connectivity index (χ1v) is 9.23. The lowest BCUT2D eigenvalue weighted by atomic mass is 10.2. The van der Waals surface area contributed by atoms with Crippen LogP contribution in [0.15, 0.2) is 78.9 Å². The maximum absolute atomic E-state index is 14.1. The van der Waals surface area contributed by atoms with Crippen molar-refractivity contribution in [3.8, 4) is 5.75 Å². The lowest BCUT2D eigenvalue weighted by Gasteiger charge is -2.21. The second kappa shape index (κ2) is 6.44. The molecule has 0 radical (unpaired) electrons. The number of hydrogen-bond acceptors (Lipinski definition) is 2. The van der Waals surface area contributed by atoms with Crippen LogP contribution >= 0.6 is 7.14 Å². The average Bonchev–Trinajstić information content (AvgIpc) is 2.63. The number of ether oxygens (including phenoxy) is 1. The third kappa shape index (κ3) is 2.83. The maximum atomic E-state index is 14.1. The lowest BCUT2D eigenvalue weighted by molar-refractivity contribution is 0.412. The zero-order valence-electron chi connectivity index (χ0n) is 13.3. The summed E-state index contributed by atoms with van der Waals surface area (Å²) in [5.74, 6) is 0.759. The van der Waals surface area contributed by atoms with Gasteiger partial charge in [-0.15, -0.1) is 0 Å². The molecule has 0 aliphatic heterocycles. The fourth-order valence-electron chi connectivity index (χ4n) is 2.73. The molecule has 3 aromatic carbocycles. The van der Waals surface area contributed by atoms with Crippen LogP contribution in [0.3, 0.4) is 0 Å². The molecule has 0 unspecified atom stereocenters. The molecule has 3 heteroatoms. The van der Waals surface area contributed by atoms with Gasteiger partial charge < -0.3 is 9.30 Å². The molecular weight excluding hydrogens is 303 g/mol. The van der Waals surface area contributed by atoms with E-state index in [0.29, 0.717) is 0 Å². The van der Waals surface area contributed by atoms with E-state index in [2.05, 4.69) is 0 Å². The van der Waals surface area contributed by atoms with Crippen LogP contribution < -0.4 is 20.7 Å². The minimum Gasteiger partial charge on any atom is -0.496 e. The van der Waals surface area contributed by atoms with E-state index >= 15 is 0 Å². The second-order valence-corrected chi connectivity index (χ2v) is 8.20. The van der Waals surface area contributed by atoms with Crippen molar-refractivity contribution >= 4 is 23.1 Å². The summed E-state index contributed by atoms with van der Waals surface area (Å²) in [6.45, 7) is 1.98. The normalized spacial score (nSPS) is 11.2. The standard InChI is InChI=1S/C20H19O2P/c1-16-13-14-19(15-20(16)22-2)23(21,17-9-5-3-6-10-17)18-11-7-4-8-12-18/h3-15H,1-2H3. The van der Waals surface area contributed by atoms with E-state index in [1.165, 1.54) is 0 Å². The first-order chi connectivity index (χ1) is 11.2. The van der Waals surface area contributed by atoms with Crippen molar-refractivity contribution in [2.24, 2.45) is 0 Å². The van der Waals surface area contributed by atoms with E-state index in [9.17, 15) is 4.57 Å². The minimum absolute atomic E-state index is 0.759. The molecule has 0 saturated heterocycles. The average molecular weight is 322 g/mol. The highest BCUT2D eigenvalue weighted by atomic mass is 31.2. The van der Waals surface area contributed by atoms with Gasteiger partial charge in [-0.3, -0.25) is 0 Å². The Balaban J connectivity index is 2.27. The van der Waals surface area contributed by atoms with Crippen molar-refractivity contribution < 1.29 is 9.30 Å². The summed E-state index contributed by atoms with van der Waals surface area (Å²) in [7, 11) is -1.28. The molecule has 2 nitrogen and oxygen atoms in total. The van der Waals surface area contributed by atoms with E-state index in [4.69, 9.17) is 4.74 Å². The van der Waals surface area contributed by atoms with Crippen LogP contribution in [0.5, 0.6) is 5.75 Å². The van der Waals surface area contributed by atoms with Crippen molar-refractivity contribution in [3.63, 3.8) is 0 Å². The Hall–Kier alpha value is -2.31. The molecule has 0 heterocycles. The predicted octanol–water partition coefficient (Wildman–Crippen LogP) is 3.64. The first kappa shape index (κ1) is 15.6. The van der Waals surface area contributed by atoms with Gasteiger partial charge >= 0.3 is 0 Å². The zero-order valence-corrected chi connectivity index (χ0v) is 14.2. The van der Waals surface area contributed by atoms with E-state index < -0.39 is 7.14 Å². The van der Waals surface area contributed by atoms with Crippen molar-refractivity contribution in [2.45, 2.75) is 6.92 Å². The maximum Gasteiger partial charge on any atom is 0.171 e. The SMILES string of the molecule is COc1cc(P(=O)(c2ccccc2)c2ccccc2)ccc1C. The molecular formula is C20H19O2P. The minimum atomic E-state index is -2.92. The molecule has 3 aromatic rings. The van der Waals surface area contributed by atoms with Crippen LogP contribution in [0.25, 0.3) is 0 Å². The van der Waals surface area contributed by atoms with Gasteiger partial charge in [0.2, 0.25) is 0 Å². The first-order valence-electron chi connectivity index (χ1n) is 7.53. The molecule has 116 valence electrons. The highest BCUT2D eigenvalue weighted by molar-refractivity contribution is 7.85. The number of methoxy groups -OCH3 is 1. The van der Waals surface area contributed by atoms with Crippen LogP contribution in [0.2, 0.25) is 0 Å². The molecule has 23 heavy (non-hydrogen) atoms. The van der Waals surface area contributed by atoms with Crippen molar-refractivity contribution in [1.29, 1.82) is 0 Å². The fraction of sp³-hybridized carbons (Fsp3) is 0.100. The van der Waals surface area contributed by atoms with Crippen LogP contribution in [0.1, 0.15) is 5.56 Å². The molecule has 0 aromatic heterocycles. The van der Waals surface area contributed by atoms with Gasteiger partial charge in [0.25, 0.3) is 0 Å². The summed E-state index contributed by atoms with van der Waals surface area (Å²) in [5.41, 5.74) is 1.03. The molecule has 0 spiro atoms. The molecule has 0 fully saturated rings. The molecule has 0 amide bonds. The summed E-state index contributed by atoms with van der Waals surface area (Å²) in [5, 5.41) is 2.45. The van der Waals surface area contributed by atoms with E-state index in [1.807, 2.05) is 85.8 Å². The highest BCUT2D eigenvalue weighted by Crippen LogP contribution is 2.43. The number of aryl methyl sites for hydroxylation is 1. The van der Waals surface area contributed by atoms with Gasteiger partial charge in [0.1, 0.15) is 5.75 Å². The number of benzene rings is 3. The molecule has 0 atom stereocenters. The summed E-state index contributed by atoms with van der Waals surface area (Å²) in [6.07, 6.45) is 0. The third-order valence-corrected chi connectivity index (χ3v) is 7.05. The summed E-state index contributed by atoms with van der Waals surface area (Å²) < 4.78 is 19.6. The predicted molar refractivity (Wildman–Crippen MR) is 97.1 cm³/mol. The summed E-state index contributed by atoms with van der Waals surface area (Å²) in [4.78, 5) is 0. The fourth-order valence-corrected chi connectivity index (χ4v) is 5.39. The quantitative estimate of drug-likeness (QED) is 0.686. The Morgan fingerprint density at radius 1 is 0.739 bits per heavy atom. The molecule has 0 aliphatic rings. The van der Waals surface area contributed by atoms with Crippen LogP contribution in [-0.2, 0) is 4.57 Å². The summed E-state index contributed by atoms with van der Waals surface area (Å²) in [6, 6.07) is 25.1. The Morgan fingerprint density at radius 2 is 1.26 bits per heavy atom. The topological polar surface area (TPSA) is 26.3 Å².